The van der Waals surface area contributed by atoms with Gasteiger partial charge in [-0.25, -0.2) is 4.68 Å². The molecule has 6 heteroatoms. The summed E-state index contributed by atoms with van der Waals surface area (Å²) in [6.45, 7) is 11.1. The summed E-state index contributed by atoms with van der Waals surface area (Å²) in [7, 11) is 0. The quantitative estimate of drug-likeness (QED) is 0.749. The predicted octanol–water partition coefficient (Wildman–Crippen LogP) is 3.32. The minimum absolute atomic E-state index is 0.0746. The lowest BCUT2D eigenvalue weighted by Crippen LogP contribution is -2.42. The van der Waals surface area contributed by atoms with E-state index in [1.807, 2.05) is 17.1 Å². The van der Waals surface area contributed by atoms with Gasteiger partial charge in [-0.2, -0.15) is 0 Å². The van der Waals surface area contributed by atoms with Crippen molar-refractivity contribution in [2.24, 2.45) is 5.92 Å². The number of piperidine rings is 1. The maximum Gasteiger partial charge on any atom is 0.181 e. The van der Waals surface area contributed by atoms with Crippen molar-refractivity contribution < 1.29 is 0 Å². The van der Waals surface area contributed by atoms with Crippen LogP contribution in [0.15, 0.2) is 35.5 Å². The lowest BCUT2D eigenvalue weighted by molar-refractivity contribution is 0.119. The van der Waals surface area contributed by atoms with Gasteiger partial charge in [-0.15, -0.1) is 5.10 Å². The fraction of sp³-hybridized carbons (Fsp3) is 0.667. The first kappa shape index (κ1) is 19.8. The molecule has 0 saturated carbocycles. The maximum atomic E-state index is 11.3. The third-order valence-electron chi connectivity index (χ3n) is 5.77. The smallest absolute Gasteiger partial charge is 0.181 e. The molecule has 2 aromatic rings. The Labute approximate surface area is 162 Å². The van der Waals surface area contributed by atoms with E-state index in [0.29, 0.717) is 24.0 Å². The van der Waals surface area contributed by atoms with E-state index in [1.165, 1.54) is 19.4 Å². The van der Waals surface area contributed by atoms with Crippen LogP contribution in [-0.2, 0) is 6.42 Å². The van der Waals surface area contributed by atoms with Gasteiger partial charge < -0.3 is 4.57 Å². The molecule has 148 valence electrons. The largest absolute Gasteiger partial charge is 0.351 e. The minimum atomic E-state index is 0.0746. The molecule has 3 rings (SSSR count). The zero-order valence-corrected chi connectivity index (χ0v) is 17.1. The summed E-state index contributed by atoms with van der Waals surface area (Å²) in [6.07, 6.45) is 10.6. The van der Waals surface area contributed by atoms with Crippen LogP contribution in [-0.4, -0.2) is 43.6 Å². The van der Waals surface area contributed by atoms with Crippen LogP contribution in [0.4, 0.5) is 0 Å². The van der Waals surface area contributed by atoms with Gasteiger partial charge >= 0.3 is 0 Å². The van der Waals surface area contributed by atoms with Gasteiger partial charge in [0.15, 0.2) is 5.43 Å². The molecule has 3 unspecified atom stereocenters. The van der Waals surface area contributed by atoms with Crippen molar-refractivity contribution in [1.29, 1.82) is 0 Å². The normalized spacial score (nSPS) is 20.7. The summed E-state index contributed by atoms with van der Waals surface area (Å²) in [5, 5.41) is 8.57. The van der Waals surface area contributed by atoms with Crippen molar-refractivity contribution in [3.63, 3.8) is 0 Å². The van der Waals surface area contributed by atoms with Crippen molar-refractivity contribution in [2.75, 3.05) is 13.1 Å². The van der Waals surface area contributed by atoms with Crippen LogP contribution in [0.25, 0.3) is 0 Å². The Morgan fingerprint density at radius 2 is 1.89 bits per heavy atom. The molecule has 1 fully saturated rings. The first-order valence-electron chi connectivity index (χ1n) is 10.2. The molecule has 1 saturated heterocycles. The Balaban J connectivity index is 1.54. The van der Waals surface area contributed by atoms with Crippen molar-refractivity contribution in [2.45, 2.75) is 71.5 Å². The number of nitrogens with zero attached hydrogens (tertiary/aromatic N) is 5. The zero-order chi connectivity index (χ0) is 19.4. The summed E-state index contributed by atoms with van der Waals surface area (Å²) in [6, 6.07) is 4.55. The molecule has 0 spiro atoms. The molecule has 0 radical (unpaired) electrons. The fourth-order valence-electron chi connectivity index (χ4n) is 4.10. The highest BCUT2D eigenvalue weighted by Crippen LogP contribution is 2.27. The molecule has 1 aliphatic rings. The van der Waals surface area contributed by atoms with Crippen LogP contribution < -0.4 is 5.43 Å². The highest BCUT2D eigenvalue weighted by atomic mass is 16.1. The van der Waals surface area contributed by atoms with E-state index in [1.54, 1.807) is 12.1 Å². The van der Waals surface area contributed by atoms with E-state index in [2.05, 4.69) is 53.7 Å². The van der Waals surface area contributed by atoms with Crippen molar-refractivity contribution in [3.8, 4) is 0 Å². The summed E-state index contributed by atoms with van der Waals surface area (Å²) in [4.78, 5) is 13.9. The molecule has 2 aromatic heterocycles. The van der Waals surface area contributed by atoms with Crippen LogP contribution >= 0.6 is 0 Å². The number of hydrogen-bond donors (Lipinski definition) is 0. The standard InChI is InChI=1S/C21H33N5O/c1-16(2)26-15-20(22-23-26)13-18(4)25-9-5-6-19(14-25)12-17(3)24-10-7-21(27)8-11-24/h7-8,10-11,15-19H,5-6,9,12-14H2,1-4H3. The van der Waals surface area contributed by atoms with E-state index in [9.17, 15) is 4.79 Å². The monoisotopic (exact) mass is 371 g/mol. The van der Waals surface area contributed by atoms with Crippen LogP contribution in [0.1, 0.15) is 64.7 Å². The summed E-state index contributed by atoms with van der Waals surface area (Å²) < 4.78 is 4.10. The Morgan fingerprint density at radius 3 is 2.56 bits per heavy atom. The second kappa shape index (κ2) is 8.83. The van der Waals surface area contributed by atoms with Crippen LogP contribution in [0.3, 0.4) is 0 Å². The lowest BCUT2D eigenvalue weighted by Gasteiger charge is -2.37. The molecule has 0 N–H and O–H groups in total. The summed E-state index contributed by atoms with van der Waals surface area (Å²) >= 11 is 0. The zero-order valence-electron chi connectivity index (χ0n) is 17.1. The van der Waals surface area contributed by atoms with Gasteiger partial charge in [-0.05, 0) is 59.4 Å². The summed E-state index contributed by atoms with van der Waals surface area (Å²) in [5.41, 5.74) is 1.16. The topological polar surface area (TPSA) is 56.0 Å². The molecule has 3 heterocycles. The Kier molecular flexibility index (Phi) is 6.47. The van der Waals surface area contributed by atoms with E-state index in [0.717, 1.165) is 25.1 Å². The van der Waals surface area contributed by atoms with Gasteiger partial charge in [0.05, 0.1) is 5.69 Å². The Bertz CT molecular complexity index is 760. The minimum Gasteiger partial charge on any atom is -0.351 e. The Morgan fingerprint density at radius 1 is 1.15 bits per heavy atom. The van der Waals surface area contributed by atoms with Crippen molar-refractivity contribution in [3.05, 3.63) is 46.6 Å². The predicted molar refractivity (Wildman–Crippen MR) is 108 cm³/mol. The fourth-order valence-corrected chi connectivity index (χ4v) is 4.10. The lowest BCUT2D eigenvalue weighted by atomic mass is 9.90. The van der Waals surface area contributed by atoms with E-state index >= 15 is 0 Å². The molecule has 0 amide bonds. The van der Waals surface area contributed by atoms with Gasteiger partial charge in [-0.3, -0.25) is 9.69 Å². The Hall–Kier alpha value is -1.95. The van der Waals surface area contributed by atoms with Crippen LogP contribution in [0.2, 0.25) is 0 Å². The number of aromatic nitrogens is 4. The van der Waals surface area contributed by atoms with Gasteiger partial charge in [0.1, 0.15) is 0 Å². The first-order chi connectivity index (χ1) is 12.9. The molecule has 0 aliphatic carbocycles. The molecular weight excluding hydrogens is 338 g/mol. The van der Waals surface area contributed by atoms with Crippen molar-refractivity contribution in [1.82, 2.24) is 24.5 Å². The van der Waals surface area contributed by atoms with E-state index in [-0.39, 0.29) is 5.43 Å². The van der Waals surface area contributed by atoms with Gasteiger partial charge in [0, 0.05) is 61.8 Å². The number of rotatable bonds is 7. The van der Waals surface area contributed by atoms with Crippen LogP contribution in [0, 0.1) is 5.92 Å². The molecular formula is C21H33N5O. The average Bonchev–Trinajstić information content (AvgIpc) is 3.11. The second-order valence-corrected chi connectivity index (χ2v) is 8.41. The molecule has 0 aromatic carbocycles. The van der Waals surface area contributed by atoms with Crippen LogP contribution in [0.5, 0.6) is 0 Å². The molecule has 1 aliphatic heterocycles. The number of hydrogen-bond acceptors (Lipinski definition) is 4. The van der Waals surface area contributed by atoms with E-state index < -0.39 is 0 Å². The van der Waals surface area contributed by atoms with Gasteiger partial charge in [0.2, 0.25) is 0 Å². The van der Waals surface area contributed by atoms with E-state index in [4.69, 9.17) is 0 Å². The second-order valence-electron chi connectivity index (χ2n) is 8.41. The van der Waals surface area contributed by atoms with Gasteiger partial charge in [-0.1, -0.05) is 5.21 Å². The maximum absolute atomic E-state index is 11.3. The van der Waals surface area contributed by atoms with Gasteiger partial charge in [0.25, 0.3) is 0 Å². The highest BCUT2D eigenvalue weighted by Gasteiger charge is 2.25. The summed E-state index contributed by atoms with van der Waals surface area (Å²) in [5.74, 6) is 0.696. The highest BCUT2D eigenvalue weighted by molar-refractivity contribution is 4.98. The molecule has 0 bridgehead atoms. The molecule has 6 nitrogen and oxygen atoms in total. The number of likely N-dealkylation sites (tertiary alicyclic amines) is 1. The number of pyridine rings is 1. The molecule has 27 heavy (non-hydrogen) atoms. The third-order valence-corrected chi connectivity index (χ3v) is 5.77. The average molecular weight is 372 g/mol. The first-order valence-corrected chi connectivity index (χ1v) is 10.2. The van der Waals surface area contributed by atoms with Crippen molar-refractivity contribution >= 4 is 0 Å². The SMILES string of the molecule is CC(Cc1cn(C(C)C)nn1)N1CCCC(CC(C)n2ccc(=O)cc2)C1. The molecule has 3 atom stereocenters. The third kappa shape index (κ3) is 5.28.